The van der Waals surface area contributed by atoms with E-state index in [0.717, 1.165) is 22.8 Å². The fourth-order valence-corrected chi connectivity index (χ4v) is 3.58. The summed E-state index contributed by atoms with van der Waals surface area (Å²) in [6, 6.07) is 4.46. The largest absolute Gasteiger partial charge is 0.369 e. The van der Waals surface area contributed by atoms with Gasteiger partial charge in [0.15, 0.2) is 5.65 Å². The smallest absolute Gasteiger partial charge is 0.202 e. The molecule has 1 saturated carbocycles. The maximum atomic E-state index is 6.14. The lowest BCUT2D eigenvalue weighted by molar-refractivity contribution is 0.335. The van der Waals surface area contributed by atoms with Crippen LogP contribution >= 0.6 is 0 Å². The van der Waals surface area contributed by atoms with Crippen LogP contribution in [0.5, 0.6) is 0 Å². The van der Waals surface area contributed by atoms with Gasteiger partial charge in [-0.2, -0.15) is 0 Å². The SMILES string of the molecule is CCC1CCC(n2c(N)nc3ccc(C)nc32)C1C. The molecular formula is C15H22N4. The molecule has 4 nitrogen and oxygen atoms in total. The van der Waals surface area contributed by atoms with Gasteiger partial charge in [0, 0.05) is 11.7 Å². The molecule has 0 aromatic carbocycles. The van der Waals surface area contributed by atoms with Crippen LogP contribution in [0, 0.1) is 18.8 Å². The van der Waals surface area contributed by atoms with E-state index < -0.39 is 0 Å². The molecule has 2 aromatic heterocycles. The molecule has 0 spiro atoms. The van der Waals surface area contributed by atoms with E-state index in [-0.39, 0.29) is 0 Å². The standard InChI is InChI=1S/C15H22N4/c1-4-11-6-8-13(10(11)3)19-14-12(18-15(19)16)7-5-9(2)17-14/h5,7,10-11,13H,4,6,8H2,1-3H3,(H2,16,18). The molecule has 0 bridgehead atoms. The topological polar surface area (TPSA) is 56.7 Å². The Kier molecular flexibility index (Phi) is 2.96. The predicted molar refractivity (Wildman–Crippen MR) is 77.9 cm³/mol. The van der Waals surface area contributed by atoms with Crippen molar-refractivity contribution in [2.75, 3.05) is 5.73 Å². The molecule has 2 N–H and O–H groups in total. The van der Waals surface area contributed by atoms with Gasteiger partial charge in [0.25, 0.3) is 0 Å². The van der Waals surface area contributed by atoms with Crippen molar-refractivity contribution in [1.29, 1.82) is 0 Å². The van der Waals surface area contributed by atoms with Crippen LogP contribution < -0.4 is 5.73 Å². The summed E-state index contributed by atoms with van der Waals surface area (Å²) in [6.45, 7) is 6.63. The van der Waals surface area contributed by atoms with Gasteiger partial charge in [-0.3, -0.25) is 4.57 Å². The fraction of sp³-hybridized carbons (Fsp3) is 0.600. The summed E-state index contributed by atoms with van der Waals surface area (Å²) in [4.78, 5) is 9.11. The first-order chi connectivity index (χ1) is 9.11. The number of aryl methyl sites for hydroxylation is 1. The van der Waals surface area contributed by atoms with Crippen molar-refractivity contribution in [3.63, 3.8) is 0 Å². The monoisotopic (exact) mass is 258 g/mol. The Morgan fingerprint density at radius 2 is 2.11 bits per heavy atom. The average Bonchev–Trinajstić information content (AvgIpc) is 2.89. The average molecular weight is 258 g/mol. The number of imidazole rings is 1. The number of rotatable bonds is 2. The maximum absolute atomic E-state index is 6.14. The zero-order valence-corrected chi connectivity index (χ0v) is 11.9. The van der Waals surface area contributed by atoms with Gasteiger partial charge in [0.05, 0.1) is 0 Å². The summed E-state index contributed by atoms with van der Waals surface area (Å²) in [5.74, 6) is 2.06. The molecule has 4 heteroatoms. The summed E-state index contributed by atoms with van der Waals surface area (Å²) in [7, 11) is 0. The van der Waals surface area contributed by atoms with Crippen LogP contribution in [0.15, 0.2) is 12.1 Å². The fourth-order valence-electron chi connectivity index (χ4n) is 3.58. The number of hydrogen-bond donors (Lipinski definition) is 1. The van der Waals surface area contributed by atoms with E-state index in [1.54, 1.807) is 0 Å². The van der Waals surface area contributed by atoms with E-state index in [9.17, 15) is 0 Å². The van der Waals surface area contributed by atoms with Crippen molar-refractivity contribution >= 4 is 17.1 Å². The molecule has 3 atom stereocenters. The van der Waals surface area contributed by atoms with Crippen molar-refractivity contribution in [2.45, 2.75) is 46.1 Å². The third-order valence-electron chi connectivity index (χ3n) is 4.74. The molecule has 2 heterocycles. The second-order valence-corrected chi connectivity index (χ2v) is 5.81. The zero-order valence-electron chi connectivity index (χ0n) is 11.9. The number of nitrogen functional groups attached to an aromatic ring is 1. The quantitative estimate of drug-likeness (QED) is 0.899. The van der Waals surface area contributed by atoms with Crippen molar-refractivity contribution in [1.82, 2.24) is 14.5 Å². The van der Waals surface area contributed by atoms with E-state index >= 15 is 0 Å². The highest BCUT2D eigenvalue weighted by molar-refractivity contribution is 5.74. The van der Waals surface area contributed by atoms with Crippen LogP contribution in [0.3, 0.4) is 0 Å². The highest BCUT2D eigenvalue weighted by Crippen LogP contribution is 2.43. The highest BCUT2D eigenvalue weighted by atomic mass is 15.2. The van der Waals surface area contributed by atoms with Crippen molar-refractivity contribution < 1.29 is 0 Å². The number of nitrogens with two attached hydrogens (primary N) is 1. The lowest BCUT2D eigenvalue weighted by Crippen LogP contribution is -2.17. The lowest BCUT2D eigenvalue weighted by atomic mass is 9.93. The van der Waals surface area contributed by atoms with Crippen LogP contribution in [0.4, 0.5) is 5.95 Å². The molecule has 19 heavy (non-hydrogen) atoms. The molecule has 2 aromatic rings. The number of pyridine rings is 1. The normalized spacial score (nSPS) is 27.2. The van der Waals surface area contributed by atoms with E-state index in [4.69, 9.17) is 5.73 Å². The first-order valence-electron chi connectivity index (χ1n) is 7.23. The molecule has 0 saturated heterocycles. The van der Waals surface area contributed by atoms with Gasteiger partial charge in [-0.1, -0.05) is 20.3 Å². The number of aromatic nitrogens is 3. The Morgan fingerprint density at radius 1 is 1.32 bits per heavy atom. The molecule has 1 fully saturated rings. The Hall–Kier alpha value is -1.58. The van der Waals surface area contributed by atoms with Crippen LogP contribution in [0.2, 0.25) is 0 Å². The Labute approximate surface area is 114 Å². The number of anilines is 1. The van der Waals surface area contributed by atoms with Gasteiger partial charge in [-0.15, -0.1) is 0 Å². The Balaban J connectivity index is 2.10. The van der Waals surface area contributed by atoms with E-state index in [1.165, 1.54) is 19.3 Å². The minimum atomic E-state index is 0.448. The van der Waals surface area contributed by atoms with Gasteiger partial charge in [0.2, 0.25) is 5.95 Å². The van der Waals surface area contributed by atoms with Gasteiger partial charge < -0.3 is 5.73 Å². The van der Waals surface area contributed by atoms with E-state index in [0.29, 0.717) is 17.9 Å². The van der Waals surface area contributed by atoms with Crippen molar-refractivity contribution in [2.24, 2.45) is 11.8 Å². The summed E-state index contributed by atoms with van der Waals surface area (Å²) in [5, 5.41) is 0. The lowest BCUT2D eigenvalue weighted by Gasteiger charge is -2.22. The molecular weight excluding hydrogens is 236 g/mol. The molecule has 102 valence electrons. The van der Waals surface area contributed by atoms with Gasteiger partial charge in [-0.05, 0) is 43.7 Å². The maximum Gasteiger partial charge on any atom is 0.202 e. The van der Waals surface area contributed by atoms with Crippen LogP contribution in [-0.4, -0.2) is 14.5 Å². The molecule has 0 amide bonds. The molecule has 1 aliphatic rings. The van der Waals surface area contributed by atoms with Crippen LogP contribution in [0.25, 0.3) is 11.2 Å². The second kappa shape index (κ2) is 4.51. The summed E-state index contributed by atoms with van der Waals surface area (Å²) < 4.78 is 2.17. The first kappa shape index (κ1) is 12.5. The summed E-state index contributed by atoms with van der Waals surface area (Å²) >= 11 is 0. The van der Waals surface area contributed by atoms with Crippen molar-refractivity contribution in [3.8, 4) is 0 Å². The minimum absolute atomic E-state index is 0.448. The Bertz CT molecular complexity index is 601. The van der Waals surface area contributed by atoms with Gasteiger partial charge in [-0.25, -0.2) is 9.97 Å². The van der Waals surface area contributed by atoms with Gasteiger partial charge in [0.1, 0.15) is 5.52 Å². The number of nitrogens with zero attached hydrogens (tertiary/aromatic N) is 3. The highest BCUT2D eigenvalue weighted by Gasteiger charge is 2.34. The number of fused-ring (bicyclic) bond motifs is 1. The zero-order chi connectivity index (χ0) is 13.6. The summed E-state index contributed by atoms with van der Waals surface area (Å²) in [5.41, 5.74) is 9.03. The summed E-state index contributed by atoms with van der Waals surface area (Å²) in [6.07, 6.45) is 3.72. The first-order valence-corrected chi connectivity index (χ1v) is 7.23. The van der Waals surface area contributed by atoms with Crippen LogP contribution in [-0.2, 0) is 0 Å². The molecule has 0 radical (unpaired) electrons. The second-order valence-electron chi connectivity index (χ2n) is 5.81. The van der Waals surface area contributed by atoms with Crippen molar-refractivity contribution in [3.05, 3.63) is 17.8 Å². The Morgan fingerprint density at radius 3 is 2.79 bits per heavy atom. The minimum Gasteiger partial charge on any atom is -0.369 e. The molecule has 3 rings (SSSR count). The molecule has 3 unspecified atom stereocenters. The van der Waals surface area contributed by atoms with Crippen LogP contribution in [0.1, 0.15) is 44.8 Å². The third kappa shape index (κ3) is 1.90. The van der Waals surface area contributed by atoms with E-state index in [1.807, 2.05) is 19.1 Å². The predicted octanol–water partition coefficient (Wildman–Crippen LogP) is 3.32. The third-order valence-corrected chi connectivity index (χ3v) is 4.74. The number of hydrogen-bond acceptors (Lipinski definition) is 3. The molecule has 1 aliphatic carbocycles. The van der Waals surface area contributed by atoms with Gasteiger partial charge >= 0.3 is 0 Å². The van der Waals surface area contributed by atoms with E-state index in [2.05, 4.69) is 28.4 Å². The molecule has 0 aliphatic heterocycles.